The molecule has 4 heteroatoms. The molecule has 0 fully saturated rings. The second-order valence-electron chi connectivity index (χ2n) is 7.28. The van der Waals surface area contributed by atoms with E-state index in [0.717, 1.165) is 12.8 Å². The smallest absolute Gasteiger partial charge is 0.309 e. The lowest BCUT2D eigenvalue weighted by molar-refractivity contribution is -0.155. The molecule has 0 radical (unpaired) electrons. The fourth-order valence-electron chi connectivity index (χ4n) is 1.96. The van der Waals surface area contributed by atoms with Crippen LogP contribution in [0.5, 0.6) is 0 Å². The molecule has 0 aliphatic rings. The van der Waals surface area contributed by atoms with Gasteiger partial charge in [-0.1, -0.05) is 33.6 Å². The van der Waals surface area contributed by atoms with Crippen LogP contribution in [0.2, 0.25) is 0 Å². The molecule has 1 unspecified atom stereocenters. The van der Waals surface area contributed by atoms with Crippen molar-refractivity contribution < 1.29 is 19.8 Å². The number of rotatable bonds is 7. The number of unbranched alkanes of at least 4 members (excludes halogenated alkanes) is 1. The molecule has 0 aromatic heterocycles. The number of carboxylic acid groups (broad SMARTS) is 2. The Hall–Kier alpha value is -1.06. The minimum atomic E-state index is -0.802. The van der Waals surface area contributed by atoms with E-state index in [2.05, 4.69) is 0 Å². The van der Waals surface area contributed by atoms with Crippen molar-refractivity contribution in [2.45, 2.75) is 67.2 Å². The third-order valence-electron chi connectivity index (χ3n) is 4.43. The van der Waals surface area contributed by atoms with Crippen molar-refractivity contribution in [3.05, 3.63) is 0 Å². The summed E-state index contributed by atoms with van der Waals surface area (Å²) in [6.07, 6.45) is 2.61. The summed E-state index contributed by atoms with van der Waals surface area (Å²) in [5.74, 6) is -1.58. The zero-order valence-electron chi connectivity index (χ0n) is 13.0. The first-order chi connectivity index (χ1) is 8.34. The second-order valence-corrected chi connectivity index (χ2v) is 7.28. The van der Waals surface area contributed by atoms with Crippen molar-refractivity contribution in [3.8, 4) is 0 Å². The third-order valence-corrected chi connectivity index (χ3v) is 4.43. The number of hydrogen-bond acceptors (Lipinski definition) is 2. The van der Waals surface area contributed by atoms with Crippen LogP contribution in [-0.4, -0.2) is 22.2 Å². The SMILES string of the molecule is CC(C)(CCCCC(C)(C(=O)O)C(C)(C)C)C(=O)O. The van der Waals surface area contributed by atoms with E-state index in [4.69, 9.17) is 5.11 Å². The maximum Gasteiger partial charge on any atom is 0.309 e. The zero-order chi connectivity index (χ0) is 15.5. The minimum absolute atomic E-state index is 0.318. The first kappa shape index (κ1) is 17.9. The molecule has 0 aromatic carbocycles. The molecule has 0 saturated carbocycles. The Morgan fingerprint density at radius 1 is 0.789 bits per heavy atom. The molecule has 0 saturated heterocycles. The first-order valence-corrected chi connectivity index (χ1v) is 6.81. The average Bonchev–Trinajstić information content (AvgIpc) is 2.21. The highest BCUT2D eigenvalue weighted by atomic mass is 16.4. The number of hydrogen-bond donors (Lipinski definition) is 2. The van der Waals surface area contributed by atoms with Crippen LogP contribution in [-0.2, 0) is 9.59 Å². The van der Waals surface area contributed by atoms with Gasteiger partial charge in [0.2, 0.25) is 0 Å². The van der Waals surface area contributed by atoms with Crippen LogP contribution >= 0.6 is 0 Å². The fraction of sp³-hybridized carbons (Fsp3) is 0.867. The molecule has 0 amide bonds. The van der Waals surface area contributed by atoms with Crippen molar-refractivity contribution in [2.75, 3.05) is 0 Å². The highest BCUT2D eigenvalue weighted by Crippen LogP contribution is 2.43. The zero-order valence-corrected chi connectivity index (χ0v) is 13.0. The second kappa shape index (κ2) is 5.93. The Morgan fingerprint density at radius 3 is 1.53 bits per heavy atom. The van der Waals surface area contributed by atoms with Crippen molar-refractivity contribution in [3.63, 3.8) is 0 Å². The fourth-order valence-corrected chi connectivity index (χ4v) is 1.96. The summed E-state index contributed by atoms with van der Waals surface area (Å²) in [7, 11) is 0. The van der Waals surface area contributed by atoms with E-state index in [-0.39, 0.29) is 5.41 Å². The van der Waals surface area contributed by atoms with Crippen LogP contribution < -0.4 is 0 Å². The Morgan fingerprint density at radius 2 is 1.21 bits per heavy atom. The molecule has 112 valence electrons. The summed E-state index contributed by atoms with van der Waals surface area (Å²) in [4.78, 5) is 22.5. The quantitative estimate of drug-likeness (QED) is 0.691. The lowest BCUT2D eigenvalue weighted by atomic mass is 9.65. The molecule has 0 rings (SSSR count). The molecule has 19 heavy (non-hydrogen) atoms. The standard InChI is InChI=1S/C15H28O4/c1-13(2,3)15(6,12(18)19)10-8-7-9-14(4,5)11(16)17/h7-10H2,1-6H3,(H,16,17)(H,18,19). The maximum atomic E-state index is 11.5. The Labute approximate surface area is 116 Å². The van der Waals surface area contributed by atoms with Crippen LogP contribution in [0.1, 0.15) is 67.2 Å². The summed E-state index contributed by atoms with van der Waals surface area (Å²) in [5, 5.41) is 18.4. The van der Waals surface area contributed by atoms with Crippen molar-refractivity contribution in [1.82, 2.24) is 0 Å². The van der Waals surface area contributed by atoms with E-state index in [1.54, 1.807) is 20.8 Å². The lowest BCUT2D eigenvalue weighted by Crippen LogP contribution is -2.40. The first-order valence-electron chi connectivity index (χ1n) is 6.81. The predicted octanol–water partition coefficient (Wildman–Crippen LogP) is 3.79. The van der Waals surface area contributed by atoms with Gasteiger partial charge in [0.25, 0.3) is 0 Å². The van der Waals surface area contributed by atoms with Gasteiger partial charge in [-0.15, -0.1) is 0 Å². The maximum absolute atomic E-state index is 11.5. The minimum Gasteiger partial charge on any atom is -0.481 e. The number of aliphatic carboxylic acids is 2. The Bertz CT molecular complexity index is 339. The average molecular weight is 272 g/mol. The molecule has 0 bridgehead atoms. The summed E-state index contributed by atoms with van der Waals surface area (Å²) in [6.45, 7) is 11.0. The van der Waals surface area contributed by atoms with Gasteiger partial charge < -0.3 is 10.2 Å². The summed E-state index contributed by atoms with van der Waals surface area (Å²) in [6, 6.07) is 0. The predicted molar refractivity (Wildman–Crippen MR) is 75.1 cm³/mol. The molecule has 0 aromatic rings. The van der Waals surface area contributed by atoms with E-state index in [1.165, 1.54) is 0 Å². The van der Waals surface area contributed by atoms with Crippen molar-refractivity contribution in [1.29, 1.82) is 0 Å². The van der Waals surface area contributed by atoms with Crippen LogP contribution in [0.4, 0.5) is 0 Å². The van der Waals surface area contributed by atoms with Crippen molar-refractivity contribution >= 4 is 11.9 Å². The molecule has 1 atom stereocenters. The van der Waals surface area contributed by atoms with Gasteiger partial charge in [0.15, 0.2) is 0 Å². The van der Waals surface area contributed by atoms with Crippen LogP contribution in [0, 0.1) is 16.2 Å². The van der Waals surface area contributed by atoms with E-state index in [9.17, 15) is 14.7 Å². The molecule has 0 heterocycles. The van der Waals surface area contributed by atoms with E-state index in [0.29, 0.717) is 12.8 Å². The largest absolute Gasteiger partial charge is 0.481 e. The molecular weight excluding hydrogens is 244 g/mol. The molecule has 0 aliphatic heterocycles. The van der Waals surface area contributed by atoms with E-state index >= 15 is 0 Å². The van der Waals surface area contributed by atoms with Crippen LogP contribution in [0.25, 0.3) is 0 Å². The molecule has 0 spiro atoms. The third kappa shape index (κ3) is 4.51. The monoisotopic (exact) mass is 272 g/mol. The number of carboxylic acids is 2. The summed E-state index contributed by atoms with van der Waals surface area (Å²) in [5.41, 5.74) is -1.83. The number of carbonyl (C=O) groups is 2. The Balaban J connectivity index is 4.48. The van der Waals surface area contributed by atoms with Gasteiger partial charge >= 0.3 is 11.9 Å². The highest BCUT2D eigenvalue weighted by molar-refractivity contribution is 5.75. The normalized spacial score (nSPS) is 15.9. The van der Waals surface area contributed by atoms with Gasteiger partial charge in [-0.05, 0) is 39.0 Å². The highest BCUT2D eigenvalue weighted by Gasteiger charge is 2.43. The van der Waals surface area contributed by atoms with Gasteiger partial charge in [0, 0.05) is 0 Å². The lowest BCUT2D eigenvalue weighted by Gasteiger charge is -2.38. The van der Waals surface area contributed by atoms with Crippen LogP contribution in [0.3, 0.4) is 0 Å². The Kier molecular flexibility index (Phi) is 5.60. The van der Waals surface area contributed by atoms with Gasteiger partial charge in [-0.2, -0.15) is 0 Å². The summed E-state index contributed by atoms with van der Waals surface area (Å²) < 4.78 is 0. The molecule has 2 N–H and O–H groups in total. The van der Waals surface area contributed by atoms with Gasteiger partial charge in [0.05, 0.1) is 10.8 Å². The van der Waals surface area contributed by atoms with Gasteiger partial charge in [-0.25, -0.2) is 0 Å². The molecular formula is C15H28O4. The molecule has 0 aliphatic carbocycles. The summed E-state index contributed by atoms with van der Waals surface area (Å²) >= 11 is 0. The van der Waals surface area contributed by atoms with E-state index in [1.807, 2.05) is 20.8 Å². The van der Waals surface area contributed by atoms with E-state index < -0.39 is 22.8 Å². The topological polar surface area (TPSA) is 74.6 Å². The van der Waals surface area contributed by atoms with Gasteiger partial charge in [-0.3, -0.25) is 9.59 Å². The van der Waals surface area contributed by atoms with Gasteiger partial charge in [0.1, 0.15) is 0 Å². The van der Waals surface area contributed by atoms with Crippen LogP contribution in [0.15, 0.2) is 0 Å². The molecule has 4 nitrogen and oxygen atoms in total. The van der Waals surface area contributed by atoms with Crippen molar-refractivity contribution in [2.24, 2.45) is 16.2 Å².